The largest absolute Gasteiger partial charge is 0.326 e. The molecule has 1 N–H and O–H groups in total. The second-order valence-electron chi connectivity index (χ2n) is 5.89. The fourth-order valence-electron chi connectivity index (χ4n) is 3.00. The van der Waals surface area contributed by atoms with E-state index < -0.39 is 0 Å². The van der Waals surface area contributed by atoms with Gasteiger partial charge in [0.2, 0.25) is 11.8 Å². The Hall–Kier alpha value is -2.33. The zero-order chi connectivity index (χ0) is 17.1. The number of nitrogens with one attached hydrogen (secondary N) is 1. The number of nitrogens with zero attached hydrogens (tertiary/aromatic N) is 1. The van der Waals surface area contributed by atoms with Crippen LogP contribution in [0.15, 0.2) is 48.5 Å². The number of anilines is 2. The number of benzene rings is 2. The first-order valence-corrected chi connectivity index (χ1v) is 8.41. The van der Waals surface area contributed by atoms with E-state index in [1.54, 1.807) is 29.2 Å². The van der Waals surface area contributed by atoms with Crippen LogP contribution in [0.2, 0.25) is 5.02 Å². The number of hydrogen-bond acceptors (Lipinski definition) is 2. The van der Waals surface area contributed by atoms with Crippen LogP contribution in [0.5, 0.6) is 0 Å². The Kier molecular flexibility index (Phi) is 4.86. The Morgan fingerprint density at radius 1 is 1.25 bits per heavy atom. The SMILES string of the molecule is CCc1ccccc1N1CC(C(=O)Nc2cccc(Cl)c2)CC1=O. The van der Waals surface area contributed by atoms with Crippen molar-refractivity contribution in [3.05, 3.63) is 59.1 Å². The summed E-state index contributed by atoms with van der Waals surface area (Å²) in [5.74, 6) is -0.523. The van der Waals surface area contributed by atoms with Gasteiger partial charge >= 0.3 is 0 Å². The molecule has 2 aromatic rings. The molecule has 3 rings (SSSR count). The molecular weight excluding hydrogens is 324 g/mol. The first-order chi connectivity index (χ1) is 11.6. The van der Waals surface area contributed by atoms with Gasteiger partial charge in [-0.2, -0.15) is 0 Å². The molecule has 1 heterocycles. The predicted octanol–water partition coefficient (Wildman–Crippen LogP) is 3.89. The fraction of sp³-hybridized carbons (Fsp3) is 0.263. The maximum absolute atomic E-state index is 12.5. The summed E-state index contributed by atoms with van der Waals surface area (Å²) >= 11 is 5.93. The van der Waals surface area contributed by atoms with Crippen LogP contribution in [-0.2, 0) is 16.0 Å². The lowest BCUT2D eigenvalue weighted by Crippen LogP contribution is -2.28. The predicted molar refractivity (Wildman–Crippen MR) is 96.4 cm³/mol. The van der Waals surface area contributed by atoms with E-state index >= 15 is 0 Å². The molecule has 1 atom stereocenters. The Labute approximate surface area is 146 Å². The number of carbonyl (C=O) groups is 2. The summed E-state index contributed by atoms with van der Waals surface area (Å²) in [5, 5.41) is 3.41. The lowest BCUT2D eigenvalue weighted by molar-refractivity contribution is -0.122. The summed E-state index contributed by atoms with van der Waals surface area (Å²) in [6, 6.07) is 14.8. The second-order valence-corrected chi connectivity index (χ2v) is 6.32. The lowest BCUT2D eigenvalue weighted by Gasteiger charge is -2.20. The molecule has 0 saturated carbocycles. The van der Waals surface area contributed by atoms with Gasteiger partial charge in [0, 0.05) is 29.4 Å². The Morgan fingerprint density at radius 3 is 2.79 bits per heavy atom. The van der Waals surface area contributed by atoms with E-state index in [-0.39, 0.29) is 24.2 Å². The molecule has 0 spiro atoms. The van der Waals surface area contributed by atoms with Crippen molar-refractivity contribution in [3.8, 4) is 0 Å². The smallest absolute Gasteiger partial charge is 0.229 e. The number of hydrogen-bond donors (Lipinski definition) is 1. The van der Waals surface area contributed by atoms with Crippen LogP contribution >= 0.6 is 11.6 Å². The van der Waals surface area contributed by atoms with E-state index in [4.69, 9.17) is 11.6 Å². The summed E-state index contributed by atoms with van der Waals surface area (Å²) in [5.41, 5.74) is 2.66. The molecule has 2 aromatic carbocycles. The Balaban J connectivity index is 1.73. The van der Waals surface area contributed by atoms with Gasteiger partial charge in [-0.15, -0.1) is 0 Å². The average Bonchev–Trinajstić information content (AvgIpc) is 2.96. The maximum Gasteiger partial charge on any atom is 0.229 e. The molecule has 24 heavy (non-hydrogen) atoms. The molecular formula is C19H19ClN2O2. The first kappa shape index (κ1) is 16.5. The number of rotatable bonds is 4. The van der Waals surface area contributed by atoms with Gasteiger partial charge in [-0.3, -0.25) is 9.59 Å². The van der Waals surface area contributed by atoms with Crippen LogP contribution in [0.1, 0.15) is 18.9 Å². The highest BCUT2D eigenvalue weighted by Gasteiger charge is 2.35. The number of halogens is 1. The third-order valence-electron chi connectivity index (χ3n) is 4.25. The number of carbonyl (C=O) groups excluding carboxylic acids is 2. The van der Waals surface area contributed by atoms with Gasteiger partial charge < -0.3 is 10.2 Å². The maximum atomic E-state index is 12.5. The molecule has 1 saturated heterocycles. The van der Waals surface area contributed by atoms with Gasteiger partial charge in [0.05, 0.1) is 5.92 Å². The normalized spacial score (nSPS) is 17.2. The van der Waals surface area contributed by atoms with Gasteiger partial charge in [0.1, 0.15) is 0 Å². The second kappa shape index (κ2) is 7.05. The van der Waals surface area contributed by atoms with Crippen molar-refractivity contribution >= 4 is 34.8 Å². The Bertz CT molecular complexity index is 775. The highest BCUT2D eigenvalue weighted by molar-refractivity contribution is 6.30. The summed E-state index contributed by atoms with van der Waals surface area (Å²) in [7, 11) is 0. The Morgan fingerprint density at radius 2 is 2.04 bits per heavy atom. The van der Waals surface area contributed by atoms with Crippen LogP contribution in [0.3, 0.4) is 0 Å². The van der Waals surface area contributed by atoms with E-state index in [1.807, 2.05) is 24.3 Å². The van der Waals surface area contributed by atoms with Gasteiger partial charge in [-0.1, -0.05) is 42.8 Å². The van der Waals surface area contributed by atoms with E-state index in [0.29, 0.717) is 17.3 Å². The fourth-order valence-corrected chi connectivity index (χ4v) is 3.19. The minimum absolute atomic E-state index is 0.0119. The highest BCUT2D eigenvalue weighted by Crippen LogP contribution is 2.29. The van der Waals surface area contributed by atoms with Crippen molar-refractivity contribution < 1.29 is 9.59 Å². The van der Waals surface area contributed by atoms with E-state index in [0.717, 1.165) is 17.7 Å². The first-order valence-electron chi connectivity index (χ1n) is 8.03. The molecule has 0 aliphatic carbocycles. The van der Waals surface area contributed by atoms with Crippen molar-refractivity contribution in [3.63, 3.8) is 0 Å². The van der Waals surface area contributed by atoms with Crippen LogP contribution in [-0.4, -0.2) is 18.4 Å². The molecule has 1 aliphatic rings. The van der Waals surface area contributed by atoms with Crippen molar-refractivity contribution in [2.45, 2.75) is 19.8 Å². The monoisotopic (exact) mass is 342 g/mol. The molecule has 1 unspecified atom stereocenters. The molecule has 0 radical (unpaired) electrons. The molecule has 124 valence electrons. The van der Waals surface area contributed by atoms with Gasteiger partial charge in [0.15, 0.2) is 0 Å². The summed E-state index contributed by atoms with van der Waals surface area (Å²) in [4.78, 5) is 26.6. The highest BCUT2D eigenvalue weighted by atomic mass is 35.5. The number of aryl methyl sites for hydroxylation is 1. The van der Waals surface area contributed by atoms with Crippen LogP contribution in [0, 0.1) is 5.92 Å². The van der Waals surface area contributed by atoms with Crippen molar-refractivity contribution in [1.82, 2.24) is 0 Å². The average molecular weight is 343 g/mol. The van der Waals surface area contributed by atoms with Crippen LogP contribution in [0.4, 0.5) is 11.4 Å². The quantitative estimate of drug-likeness (QED) is 0.916. The van der Waals surface area contributed by atoms with Crippen molar-refractivity contribution in [2.24, 2.45) is 5.92 Å². The zero-order valence-corrected chi connectivity index (χ0v) is 14.2. The molecule has 2 amide bonds. The molecule has 0 bridgehead atoms. The number of amides is 2. The summed E-state index contributed by atoms with van der Waals surface area (Å²) < 4.78 is 0. The lowest BCUT2D eigenvalue weighted by atomic mass is 10.1. The van der Waals surface area contributed by atoms with Crippen molar-refractivity contribution in [2.75, 3.05) is 16.8 Å². The molecule has 1 aliphatic heterocycles. The third-order valence-corrected chi connectivity index (χ3v) is 4.49. The third kappa shape index (κ3) is 3.44. The van der Waals surface area contributed by atoms with Crippen LogP contribution < -0.4 is 10.2 Å². The van der Waals surface area contributed by atoms with Crippen molar-refractivity contribution in [1.29, 1.82) is 0 Å². The van der Waals surface area contributed by atoms with E-state index in [1.165, 1.54) is 0 Å². The molecule has 1 fully saturated rings. The topological polar surface area (TPSA) is 49.4 Å². The molecule has 4 nitrogen and oxygen atoms in total. The van der Waals surface area contributed by atoms with E-state index in [9.17, 15) is 9.59 Å². The van der Waals surface area contributed by atoms with E-state index in [2.05, 4.69) is 12.2 Å². The van der Waals surface area contributed by atoms with Gasteiger partial charge in [-0.25, -0.2) is 0 Å². The van der Waals surface area contributed by atoms with Crippen LogP contribution in [0.25, 0.3) is 0 Å². The standard InChI is InChI=1S/C19H19ClN2O2/c1-2-13-6-3-4-9-17(13)22-12-14(10-18(22)23)19(24)21-16-8-5-7-15(20)11-16/h3-9,11,14H,2,10,12H2,1H3,(H,21,24). The summed E-state index contributed by atoms with van der Waals surface area (Å²) in [6.07, 6.45) is 1.07. The molecule has 0 aromatic heterocycles. The minimum Gasteiger partial charge on any atom is -0.326 e. The number of para-hydroxylation sites is 1. The minimum atomic E-state index is -0.360. The van der Waals surface area contributed by atoms with Gasteiger partial charge in [-0.05, 0) is 36.2 Å². The summed E-state index contributed by atoms with van der Waals surface area (Å²) in [6.45, 7) is 2.46. The zero-order valence-electron chi connectivity index (χ0n) is 13.5. The molecule has 5 heteroatoms. The van der Waals surface area contributed by atoms with Gasteiger partial charge in [0.25, 0.3) is 0 Å².